The van der Waals surface area contributed by atoms with Gasteiger partial charge in [0.1, 0.15) is 5.75 Å². The number of hydrogen-bond acceptors (Lipinski definition) is 2. The normalized spacial score (nSPS) is 19.1. The topological polar surface area (TPSA) is 46.5 Å². The van der Waals surface area contributed by atoms with Crippen LogP contribution in [0.2, 0.25) is 0 Å². The van der Waals surface area contributed by atoms with Gasteiger partial charge >= 0.3 is 5.97 Å². The molecular formula is C13H16O3. The number of aliphatic carboxylic acids is 1. The van der Waals surface area contributed by atoms with Crippen LogP contribution in [-0.2, 0) is 4.79 Å². The molecule has 3 heteroatoms. The molecule has 1 aromatic carbocycles. The van der Waals surface area contributed by atoms with Crippen LogP contribution in [0.25, 0.3) is 0 Å². The Balaban J connectivity index is 2.48. The standard InChI is InChI=1S/C13H16O3/c1-8-5-4-6-10-11(8)9(7-16-10)13(2,3)12(14)15/h4-6,9H,7H2,1-3H3,(H,14,15). The Morgan fingerprint density at radius 1 is 1.50 bits per heavy atom. The van der Waals surface area contributed by atoms with Gasteiger partial charge in [-0.1, -0.05) is 12.1 Å². The summed E-state index contributed by atoms with van der Waals surface area (Å²) >= 11 is 0. The van der Waals surface area contributed by atoms with E-state index < -0.39 is 11.4 Å². The van der Waals surface area contributed by atoms with Crippen molar-refractivity contribution in [1.29, 1.82) is 0 Å². The van der Waals surface area contributed by atoms with E-state index in [-0.39, 0.29) is 5.92 Å². The van der Waals surface area contributed by atoms with Gasteiger partial charge in [0.15, 0.2) is 0 Å². The Bertz CT molecular complexity index is 435. The van der Waals surface area contributed by atoms with Gasteiger partial charge in [-0.2, -0.15) is 0 Å². The summed E-state index contributed by atoms with van der Waals surface area (Å²) in [5.41, 5.74) is 1.36. The van der Waals surface area contributed by atoms with Crippen molar-refractivity contribution in [1.82, 2.24) is 0 Å². The average Bonchev–Trinajstić information content (AvgIpc) is 2.63. The van der Waals surface area contributed by atoms with Crippen LogP contribution in [-0.4, -0.2) is 17.7 Å². The van der Waals surface area contributed by atoms with Crippen molar-refractivity contribution < 1.29 is 14.6 Å². The molecule has 1 aliphatic heterocycles. The van der Waals surface area contributed by atoms with Gasteiger partial charge in [0.25, 0.3) is 0 Å². The van der Waals surface area contributed by atoms with E-state index in [4.69, 9.17) is 4.74 Å². The second-order valence-corrected chi connectivity index (χ2v) is 4.88. The minimum Gasteiger partial charge on any atom is -0.493 e. The highest BCUT2D eigenvalue weighted by Crippen LogP contribution is 2.45. The lowest BCUT2D eigenvalue weighted by Crippen LogP contribution is -2.32. The summed E-state index contributed by atoms with van der Waals surface area (Å²) in [4.78, 5) is 11.3. The van der Waals surface area contributed by atoms with Crippen LogP contribution in [0.4, 0.5) is 0 Å². The molecule has 1 aliphatic rings. The lowest BCUT2D eigenvalue weighted by atomic mass is 9.75. The number of carbonyl (C=O) groups is 1. The van der Waals surface area contributed by atoms with Gasteiger partial charge in [-0.25, -0.2) is 0 Å². The average molecular weight is 220 g/mol. The van der Waals surface area contributed by atoms with Gasteiger partial charge in [-0.15, -0.1) is 0 Å². The third-order valence-electron chi connectivity index (χ3n) is 3.46. The first-order valence-electron chi connectivity index (χ1n) is 5.40. The third kappa shape index (κ3) is 1.47. The summed E-state index contributed by atoms with van der Waals surface area (Å²) < 4.78 is 5.57. The van der Waals surface area contributed by atoms with E-state index in [1.54, 1.807) is 13.8 Å². The Morgan fingerprint density at radius 2 is 2.19 bits per heavy atom. The van der Waals surface area contributed by atoms with Gasteiger partial charge in [-0.3, -0.25) is 4.79 Å². The predicted octanol–water partition coefficient (Wildman–Crippen LogP) is 2.58. The van der Waals surface area contributed by atoms with Crippen molar-refractivity contribution in [3.05, 3.63) is 29.3 Å². The minimum atomic E-state index is -0.794. The predicted molar refractivity (Wildman–Crippen MR) is 60.8 cm³/mol. The molecule has 1 heterocycles. The fraction of sp³-hybridized carbons (Fsp3) is 0.462. The SMILES string of the molecule is Cc1cccc2c1C(C(C)(C)C(=O)O)CO2. The first-order chi connectivity index (χ1) is 7.44. The molecule has 86 valence electrons. The largest absolute Gasteiger partial charge is 0.493 e. The molecule has 0 aromatic heterocycles. The van der Waals surface area contributed by atoms with E-state index in [2.05, 4.69) is 0 Å². The van der Waals surface area contributed by atoms with E-state index in [0.717, 1.165) is 16.9 Å². The van der Waals surface area contributed by atoms with Crippen LogP contribution in [0.15, 0.2) is 18.2 Å². The van der Waals surface area contributed by atoms with Crippen LogP contribution < -0.4 is 4.74 Å². The molecule has 3 nitrogen and oxygen atoms in total. The highest BCUT2D eigenvalue weighted by atomic mass is 16.5. The number of benzene rings is 1. The van der Waals surface area contributed by atoms with E-state index >= 15 is 0 Å². The molecule has 0 spiro atoms. The summed E-state index contributed by atoms with van der Waals surface area (Å²) in [6.07, 6.45) is 0. The van der Waals surface area contributed by atoms with E-state index in [9.17, 15) is 9.90 Å². The summed E-state index contributed by atoms with van der Waals surface area (Å²) in [5, 5.41) is 9.26. The van der Waals surface area contributed by atoms with Crippen LogP contribution in [0.3, 0.4) is 0 Å². The number of carboxylic acids is 1. The van der Waals surface area contributed by atoms with Crippen molar-refractivity contribution in [2.45, 2.75) is 26.7 Å². The number of ether oxygens (including phenoxy) is 1. The van der Waals surface area contributed by atoms with E-state index in [0.29, 0.717) is 6.61 Å². The van der Waals surface area contributed by atoms with Gasteiger partial charge < -0.3 is 9.84 Å². The van der Waals surface area contributed by atoms with Crippen LogP contribution in [0.5, 0.6) is 5.75 Å². The molecule has 0 amide bonds. The molecule has 1 N–H and O–H groups in total. The number of hydrogen-bond donors (Lipinski definition) is 1. The quantitative estimate of drug-likeness (QED) is 0.833. The van der Waals surface area contributed by atoms with Gasteiger partial charge in [0.05, 0.1) is 12.0 Å². The first-order valence-corrected chi connectivity index (χ1v) is 5.40. The van der Waals surface area contributed by atoms with Crippen molar-refractivity contribution in [3.63, 3.8) is 0 Å². The minimum absolute atomic E-state index is 0.0683. The van der Waals surface area contributed by atoms with Crippen LogP contribution in [0, 0.1) is 12.3 Å². The fourth-order valence-electron chi connectivity index (χ4n) is 2.20. The molecule has 0 saturated heterocycles. The Labute approximate surface area is 95.0 Å². The Hall–Kier alpha value is -1.51. The number of fused-ring (bicyclic) bond motifs is 1. The van der Waals surface area contributed by atoms with Crippen molar-refractivity contribution >= 4 is 5.97 Å². The summed E-state index contributed by atoms with van der Waals surface area (Å²) in [7, 11) is 0. The Kier molecular flexibility index (Phi) is 2.41. The molecule has 0 bridgehead atoms. The van der Waals surface area contributed by atoms with Crippen LogP contribution >= 0.6 is 0 Å². The van der Waals surface area contributed by atoms with E-state index in [1.807, 2.05) is 25.1 Å². The highest BCUT2D eigenvalue weighted by Gasteiger charge is 2.43. The number of aryl methyl sites for hydroxylation is 1. The molecule has 0 saturated carbocycles. The molecule has 0 fully saturated rings. The summed E-state index contributed by atoms with van der Waals surface area (Å²) in [6, 6.07) is 5.84. The summed E-state index contributed by atoms with van der Waals surface area (Å²) in [5.74, 6) is -0.0160. The molecule has 0 aliphatic carbocycles. The maximum Gasteiger partial charge on any atom is 0.309 e. The van der Waals surface area contributed by atoms with Crippen molar-refractivity contribution in [3.8, 4) is 5.75 Å². The monoisotopic (exact) mass is 220 g/mol. The second-order valence-electron chi connectivity index (χ2n) is 4.88. The molecule has 1 atom stereocenters. The second kappa shape index (κ2) is 3.51. The van der Waals surface area contributed by atoms with Crippen molar-refractivity contribution in [2.75, 3.05) is 6.61 Å². The zero-order valence-electron chi connectivity index (χ0n) is 9.78. The number of rotatable bonds is 2. The lowest BCUT2D eigenvalue weighted by Gasteiger charge is -2.26. The van der Waals surface area contributed by atoms with Gasteiger partial charge in [0.2, 0.25) is 0 Å². The zero-order valence-corrected chi connectivity index (χ0v) is 9.78. The maximum atomic E-state index is 11.3. The third-order valence-corrected chi connectivity index (χ3v) is 3.46. The molecule has 1 unspecified atom stereocenters. The molecule has 2 rings (SSSR count). The lowest BCUT2D eigenvalue weighted by molar-refractivity contribution is -0.148. The van der Waals surface area contributed by atoms with Crippen LogP contribution in [0.1, 0.15) is 30.9 Å². The van der Waals surface area contributed by atoms with E-state index in [1.165, 1.54) is 0 Å². The first kappa shape index (κ1) is 11.0. The van der Waals surface area contributed by atoms with Gasteiger partial charge in [0, 0.05) is 11.5 Å². The Morgan fingerprint density at radius 3 is 2.81 bits per heavy atom. The molecule has 16 heavy (non-hydrogen) atoms. The maximum absolute atomic E-state index is 11.3. The number of carboxylic acid groups (broad SMARTS) is 1. The smallest absolute Gasteiger partial charge is 0.309 e. The molecular weight excluding hydrogens is 204 g/mol. The highest BCUT2D eigenvalue weighted by molar-refractivity contribution is 5.76. The van der Waals surface area contributed by atoms with Crippen molar-refractivity contribution in [2.24, 2.45) is 5.41 Å². The van der Waals surface area contributed by atoms with Gasteiger partial charge in [-0.05, 0) is 32.4 Å². The molecule has 1 aromatic rings. The summed E-state index contributed by atoms with van der Waals surface area (Å²) in [6.45, 7) is 5.97. The fourth-order valence-corrected chi connectivity index (χ4v) is 2.20. The zero-order chi connectivity index (χ0) is 11.9. The molecule has 0 radical (unpaired) electrons.